The maximum absolute atomic E-state index is 12.0. The molecule has 1 fully saturated rings. The lowest BCUT2D eigenvalue weighted by atomic mass is 9.96. The molecule has 0 aliphatic carbocycles. The summed E-state index contributed by atoms with van der Waals surface area (Å²) in [5.41, 5.74) is 0.603. The molecule has 0 radical (unpaired) electrons. The maximum Gasteiger partial charge on any atom is 0.270 e. The SMILES string of the molecule is CC1CCN(C(=O)c2cc(I)c[nH]2)CC1O. The minimum Gasteiger partial charge on any atom is -0.391 e. The molecule has 1 aromatic rings. The second-order valence-electron chi connectivity index (χ2n) is 4.32. The lowest BCUT2D eigenvalue weighted by molar-refractivity contribution is 0.0245. The van der Waals surface area contributed by atoms with Crippen molar-refractivity contribution < 1.29 is 9.90 Å². The molecule has 1 saturated heterocycles. The summed E-state index contributed by atoms with van der Waals surface area (Å²) in [6.45, 7) is 3.19. The van der Waals surface area contributed by atoms with Crippen LogP contribution in [0.2, 0.25) is 0 Å². The molecule has 16 heavy (non-hydrogen) atoms. The quantitative estimate of drug-likeness (QED) is 0.764. The summed E-state index contributed by atoms with van der Waals surface area (Å²) < 4.78 is 1.02. The number of aliphatic hydroxyl groups is 1. The number of hydrogen-bond donors (Lipinski definition) is 2. The molecule has 5 heteroatoms. The Labute approximate surface area is 108 Å². The Hall–Kier alpha value is -0.560. The van der Waals surface area contributed by atoms with E-state index in [1.54, 1.807) is 11.1 Å². The van der Waals surface area contributed by atoms with Crippen molar-refractivity contribution in [3.05, 3.63) is 21.5 Å². The first-order chi connectivity index (χ1) is 7.58. The van der Waals surface area contributed by atoms with Gasteiger partial charge in [0.25, 0.3) is 5.91 Å². The van der Waals surface area contributed by atoms with Crippen LogP contribution in [0.3, 0.4) is 0 Å². The lowest BCUT2D eigenvalue weighted by Crippen LogP contribution is -2.45. The Bertz CT molecular complexity index is 391. The fourth-order valence-corrected chi connectivity index (χ4v) is 2.36. The number of rotatable bonds is 1. The molecule has 2 heterocycles. The zero-order valence-electron chi connectivity index (χ0n) is 9.11. The first-order valence-electron chi connectivity index (χ1n) is 5.39. The van der Waals surface area contributed by atoms with E-state index in [0.717, 1.165) is 16.5 Å². The van der Waals surface area contributed by atoms with E-state index in [-0.39, 0.29) is 11.8 Å². The van der Waals surface area contributed by atoms with E-state index in [4.69, 9.17) is 0 Å². The molecule has 0 saturated carbocycles. The molecule has 0 bridgehead atoms. The van der Waals surface area contributed by atoms with E-state index >= 15 is 0 Å². The van der Waals surface area contributed by atoms with Crippen molar-refractivity contribution >= 4 is 28.5 Å². The molecule has 2 rings (SSSR count). The van der Waals surface area contributed by atoms with Crippen molar-refractivity contribution in [2.75, 3.05) is 13.1 Å². The number of amides is 1. The van der Waals surface area contributed by atoms with Gasteiger partial charge in [-0.25, -0.2) is 0 Å². The summed E-state index contributed by atoms with van der Waals surface area (Å²) in [7, 11) is 0. The van der Waals surface area contributed by atoms with Crippen LogP contribution >= 0.6 is 22.6 Å². The van der Waals surface area contributed by atoms with E-state index in [0.29, 0.717) is 12.2 Å². The van der Waals surface area contributed by atoms with E-state index in [1.807, 2.05) is 13.0 Å². The van der Waals surface area contributed by atoms with Gasteiger partial charge in [0, 0.05) is 22.9 Å². The molecule has 2 unspecified atom stereocenters. The fourth-order valence-electron chi connectivity index (χ4n) is 1.90. The third-order valence-electron chi connectivity index (χ3n) is 3.08. The molecule has 0 spiro atoms. The Morgan fingerprint density at radius 3 is 3.00 bits per heavy atom. The van der Waals surface area contributed by atoms with Gasteiger partial charge in [-0.1, -0.05) is 6.92 Å². The number of hydrogen-bond acceptors (Lipinski definition) is 2. The van der Waals surface area contributed by atoms with Crippen LogP contribution in [0.5, 0.6) is 0 Å². The number of H-pyrrole nitrogens is 1. The van der Waals surface area contributed by atoms with Gasteiger partial charge < -0.3 is 15.0 Å². The number of carbonyl (C=O) groups is 1. The highest BCUT2D eigenvalue weighted by atomic mass is 127. The minimum atomic E-state index is -0.397. The first kappa shape index (κ1) is 11.9. The van der Waals surface area contributed by atoms with Gasteiger partial charge in [-0.2, -0.15) is 0 Å². The first-order valence-corrected chi connectivity index (χ1v) is 6.47. The number of likely N-dealkylation sites (tertiary alicyclic amines) is 1. The minimum absolute atomic E-state index is 0.0196. The predicted molar refractivity (Wildman–Crippen MR) is 69.2 cm³/mol. The highest BCUT2D eigenvalue weighted by Gasteiger charge is 2.28. The van der Waals surface area contributed by atoms with Crippen LogP contribution < -0.4 is 0 Å². The van der Waals surface area contributed by atoms with Gasteiger partial charge in [0.15, 0.2) is 0 Å². The van der Waals surface area contributed by atoms with Gasteiger partial charge in [0.2, 0.25) is 0 Å². The highest BCUT2D eigenvalue weighted by molar-refractivity contribution is 14.1. The molecule has 1 amide bonds. The average molecular weight is 334 g/mol. The number of nitrogens with one attached hydrogen (secondary N) is 1. The molecule has 1 aliphatic rings. The number of nitrogens with zero attached hydrogens (tertiary/aromatic N) is 1. The van der Waals surface area contributed by atoms with Crippen molar-refractivity contribution in [1.29, 1.82) is 0 Å². The van der Waals surface area contributed by atoms with Crippen LogP contribution in [-0.4, -0.2) is 40.1 Å². The monoisotopic (exact) mass is 334 g/mol. The second kappa shape index (κ2) is 4.75. The Kier molecular flexibility index (Phi) is 3.53. The van der Waals surface area contributed by atoms with Crippen LogP contribution in [0.4, 0.5) is 0 Å². The number of aliphatic hydroxyl groups excluding tert-OH is 1. The van der Waals surface area contributed by atoms with Crippen molar-refractivity contribution in [3.63, 3.8) is 0 Å². The molecule has 1 aliphatic heterocycles. The van der Waals surface area contributed by atoms with Crippen molar-refractivity contribution in [2.24, 2.45) is 5.92 Å². The number of aromatic nitrogens is 1. The third-order valence-corrected chi connectivity index (χ3v) is 3.71. The summed E-state index contributed by atoms with van der Waals surface area (Å²) in [4.78, 5) is 16.7. The summed E-state index contributed by atoms with van der Waals surface area (Å²) >= 11 is 2.16. The number of aromatic amines is 1. The normalized spacial score (nSPS) is 25.8. The molecule has 0 aromatic carbocycles. The van der Waals surface area contributed by atoms with Crippen LogP contribution in [0.15, 0.2) is 12.3 Å². The van der Waals surface area contributed by atoms with E-state index in [1.165, 1.54) is 0 Å². The topological polar surface area (TPSA) is 56.3 Å². The zero-order valence-corrected chi connectivity index (χ0v) is 11.3. The molecular formula is C11H15IN2O2. The number of β-amino-alcohol motifs (C(OH)–C–C–N with tert-alkyl or cyclic N) is 1. The summed E-state index contributed by atoms with van der Waals surface area (Å²) in [5, 5.41) is 9.74. The average Bonchev–Trinajstić information content (AvgIpc) is 2.68. The number of halogens is 1. The van der Waals surface area contributed by atoms with Crippen LogP contribution in [0, 0.1) is 9.49 Å². The summed E-state index contributed by atoms with van der Waals surface area (Å²) in [5.74, 6) is 0.265. The van der Waals surface area contributed by atoms with Gasteiger partial charge >= 0.3 is 0 Å². The lowest BCUT2D eigenvalue weighted by Gasteiger charge is -2.34. The smallest absolute Gasteiger partial charge is 0.270 e. The standard InChI is InChI=1S/C11H15IN2O2/c1-7-2-3-14(6-10(7)15)11(16)9-4-8(12)5-13-9/h4-5,7,10,13,15H,2-3,6H2,1H3. The number of carbonyl (C=O) groups excluding carboxylic acids is 1. The van der Waals surface area contributed by atoms with Gasteiger partial charge in [-0.05, 0) is 41.0 Å². The van der Waals surface area contributed by atoms with Crippen molar-refractivity contribution in [1.82, 2.24) is 9.88 Å². The predicted octanol–water partition coefficient (Wildman–Crippen LogP) is 1.46. The summed E-state index contributed by atoms with van der Waals surface area (Å²) in [6.07, 6.45) is 2.27. The molecule has 2 N–H and O–H groups in total. The zero-order chi connectivity index (χ0) is 11.7. The molecular weight excluding hydrogens is 319 g/mol. The van der Waals surface area contributed by atoms with E-state index in [9.17, 15) is 9.90 Å². The maximum atomic E-state index is 12.0. The van der Waals surface area contributed by atoms with Gasteiger partial charge in [-0.3, -0.25) is 4.79 Å². The Morgan fingerprint density at radius 2 is 2.44 bits per heavy atom. The van der Waals surface area contributed by atoms with Crippen LogP contribution in [0.1, 0.15) is 23.8 Å². The Balaban J connectivity index is 2.06. The second-order valence-corrected chi connectivity index (χ2v) is 5.56. The van der Waals surface area contributed by atoms with Gasteiger partial charge in [0.05, 0.1) is 6.10 Å². The van der Waals surface area contributed by atoms with Crippen LogP contribution in [0.25, 0.3) is 0 Å². The molecule has 88 valence electrons. The highest BCUT2D eigenvalue weighted by Crippen LogP contribution is 2.19. The fraction of sp³-hybridized carbons (Fsp3) is 0.545. The Morgan fingerprint density at radius 1 is 1.69 bits per heavy atom. The summed E-state index contributed by atoms with van der Waals surface area (Å²) in [6, 6.07) is 1.83. The van der Waals surface area contributed by atoms with Crippen molar-refractivity contribution in [3.8, 4) is 0 Å². The molecule has 2 atom stereocenters. The largest absolute Gasteiger partial charge is 0.391 e. The van der Waals surface area contributed by atoms with E-state index in [2.05, 4.69) is 27.6 Å². The third kappa shape index (κ3) is 2.40. The van der Waals surface area contributed by atoms with Crippen LogP contribution in [-0.2, 0) is 0 Å². The van der Waals surface area contributed by atoms with E-state index < -0.39 is 6.10 Å². The molecule has 1 aromatic heterocycles. The van der Waals surface area contributed by atoms with Gasteiger partial charge in [0.1, 0.15) is 5.69 Å². The molecule has 4 nitrogen and oxygen atoms in total. The van der Waals surface area contributed by atoms with Crippen molar-refractivity contribution in [2.45, 2.75) is 19.4 Å². The van der Waals surface area contributed by atoms with Gasteiger partial charge in [-0.15, -0.1) is 0 Å². The number of piperidine rings is 1.